The van der Waals surface area contributed by atoms with E-state index in [4.69, 9.17) is 4.74 Å². The molecule has 0 atom stereocenters. The van der Waals surface area contributed by atoms with Gasteiger partial charge in [-0.15, -0.1) is 0 Å². The number of nitrogens with zero attached hydrogens (tertiary/aromatic N) is 4. The molecule has 0 aromatic heterocycles. The first-order valence-corrected chi connectivity index (χ1v) is 10.4. The van der Waals surface area contributed by atoms with Crippen molar-refractivity contribution < 1.29 is 14.3 Å². The second kappa shape index (κ2) is 9.03. The van der Waals surface area contributed by atoms with E-state index >= 15 is 0 Å². The molecule has 7 heteroatoms. The number of piperazine rings is 1. The van der Waals surface area contributed by atoms with Crippen molar-refractivity contribution in [3.63, 3.8) is 0 Å². The normalized spacial score (nSPS) is 21.0. The van der Waals surface area contributed by atoms with Crippen LogP contribution in [0.25, 0.3) is 0 Å². The average Bonchev–Trinajstić information content (AvgIpc) is 3.17. The third kappa shape index (κ3) is 4.54. The molecule has 0 bridgehead atoms. The zero-order valence-electron chi connectivity index (χ0n) is 16.5. The van der Waals surface area contributed by atoms with Crippen LogP contribution in [0.15, 0.2) is 24.3 Å². The predicted molar refractivity (Wildman–Crippen MR) is 107 cm³/mol. The third-order valence-electron chi connectivity index (χ3n) is 6.02. The molecule has 2 fully saturated rings. The molecular weight excluding hydrogens is 356 g/mol. The summed E-state index contributed by atoms with van der Waals surface area (Å²) in [6.07, 6.45) is 1.49. The fourth-order valence-corrected chi connectivity index (χ4v) is 4.26. The summed E-state index contributed by atoms with van der Waals surface area (Å²) >= 11 is 0. The molecule has 7 nitrogen and oxygen atoms in total. The van der Waals surface area contributed by atoms with E-state index in [2.05, 4.69) is 15.9 Å². The quantitative estimate of drug-likeness (QED) is 0.735. The number of carbonyl (C=O) groups excluding carboxylic acids is 2. The van der Waals surface area contributed by atoms with Gasteiger partial charge < -0.3 is 14.5 Å². The number of para-hydroxylation sites is 1. The van der Waals surface area contributed by atoms with E-state index in [1.54, 1.807) is 0 Å². The number of hydrogen-bond acceptors (Lipinski definition) is 5. The molecule has 3 aliphatic heterocycles. The fraction of sp³-hybridized carbons (Fsp3) is 0.619. The number of carbonyl (C=O) groups is 2. The first-order chi connectivity index (χ1) is 13.7. The molecule has 0 aliphatic carbocycles. The van der Waals surface area contributed by atoms with Crippen LogP contribution >= 0.6 is 0 Å². The van der Waals surface area contributed by atoms with Crippen molar-refractivity contribution in [1.29, 1.82) is 0 Å². The average molecular weight is 386 g/mol. The molecule has 0 saturated carbocycles. The number of rotatable bonds is 5. The molecule has 1 aromatic carbocycles. The highest BCUT2D eigenvalue weighted by Crippen LogP contribution is 2.27. The summed E-state index contributed by atoms with van der Waals surface area (Å²) in [5.74, 6) is 0.419. The van der Waals surface area contributed by atoms with Crippen molar-refractivity contribution >= 4 is 17.5 Å². The van der Waals surface area contributed by atoms with Gasteiger partial charge in [-0.1, -0.05) is 18.2 Å². The number of ether oxygens (including phenoxy) is 1. The standard InChI is InChI=1S/C21H30N4O3/c26-20(25-8-5-18-3-1-2-4-19(18)25)6-7-22-9-11-24(12-10-22)21(27)17-23-13-15-28-16-14-23/h1-4H,5-17H2. The number of fused-ring (bicyclic) bond motifs is 1. The SMILES string of the molecule is O=C(CN1CCOCC1)N1CCN(CCC(=O)N2CCc3ccccc32)CC1. The van der Waals surface area contributed by atoms with Crippen molar-refractivity contribution in [3.8, 4) is 0 Å². The first-order valence-electron chi connectivity index (χ1n) is 10.4. The molecule has 0 spiro atoms. The van der Waals surface area contributed by atoms with Crippen molar-refractivity contribution in [2.75, 3.05) is 77.0 Å². The Balaban J connectivity index is 1.19. The molecule has 0 N–H and O–H groups in total. The van der Waals surface area contributed by atoms with Crippen LogP contribution < -0.4 is 4.90 Å². The van der Waals surface area contributed by atoms with Crippen LogP contribution in [0.5, 0.6) is 0 Å². The maximum atomic E-state index is 12.7. The topological polar surface area (TPSA) is 56.3 Å². The summed E-state index contributed by atoms with van der Waals surface area (Å²) in [6.45, 7) is 8.38. The van der Waals surface area contributed by atoms with Crippen LogP contribution in [0.1, 0.15) is 12.0 Å². The minimum atomic E-state index is 0.204. The lowest BCUT2D eigenvalue weighted by atomic mass is 10.2. The van der Waals surface area contributed by atoms with Crippen molar-refractivity contribution in [2.45, 2.75) is 12.8 Å². The molecule has 152 valence electrons. The van der Waals surface area contributed by atoms with Crippen molar-refractivity contribution in [1.82, 2.24) is 14.7 Å². The zero-order valence-corrected chi connectivity index (χ0v) is 16.5. The van der Waals surface area contributed by atoms with Gasteiger partial charge in [0, 0.05) is 64.5 Å². The van der Waals surface area contributed by atoms with Gasteiger partial charge in [-0.3, -0.25) is 19.4 Å². The molecular formula is C21H30N4O3. The zero-order chi connectivity index (χ0) is 19.3. The Hall–Kier alpha value is -1.96. The predicted octanol–water partition coefficient (Wildman–Crippen LogP) is 0.442. The van der Waals surface area contributed by atoms with E-state index in [1.807, 2.05) is 28.0 Å². The van der Waals surface area contributed by atoms with Gasteiger partial charge in [0.2, 0.25) is 11.8 Å². The van der Waals surface area contributed by atoms with Crippen LogP contribution in [-0.4, -0.2) is 98.6 Å². The Morgan fingerprint density at radius 1 is 0.857 bits per heavy atom. The van der Waals surface area contributed by atoms with Gasteiger partial charge in [-0.2, -0.15) is 0 Å². The molecule has 4 rings (SSSR count). The van der Waals surface area contributed by atoms with Crippen LogP contribution in [0.2, 0.25) is 0 Å². The number of benzene rings is 1. The summed E-state index contributed by atoms with van der Waals surface area (Å²) in [5.41, 5.74) is 2.34. The van der Waals surface area contributed by atoms with Crippen LogP contribution in [-0.2, 0) is 20.7 Å². The van der Waals surface area contributed by atoms with Crippen LogP contribution in [0.4, 0.5) is 5.69 Å². The lowest BCUT2D eigenvalue weighted by Crippen LogP contribution is -2.52. The lowest BCUT2D eigenvalue weighted by molar-refractivity contribution is -0.135. The number of amides is 2. The summed E-state index contributed by atoms with van der Waals surface area (Å²) in [4.78, 5) is 33.5. The van der Waals surface area contributed by atoms with Gasteiger partial charge in [-0.05, 0) is 18.1 Å². The fourth-order valence-electron chi connectivity index (χ4n) is 4.26. The lowest BCUT2D eigenvalue weighted by Gasteiger charge is -2.36. The smallest absolute Gasteiger partial charge is 0.236 e. The van der Waals surface area contributed by atoms with Gasteiger partial charge in [0.15, 0.2) is 0 Å². The first kappa shape index (κ1) is 19.4. The summed E-state index contributed by atoms with van der Waals surface area (Å²) in [5, 5.41) is 0. The molecule has 0 radical (unpaired) electrons. The minimum absolute atomic E-state index is 0.204. The highest BCUT2D eigenvalue weighted by molar-refractivity contribution is 5.95. The monoisotopic (exact) mass is 386 g/mol. The largest absolute Gasteiger partial charge is 0.379 e. The van der Waals surface area contributed by atoms with E-state index in [0.717, 1.165) is 77.7 Å². The maximum Gasteiger partial charge on any atom is 0.236 e. The van der Waals surface area contributed by atoms with Crippen LogP contribution in [0.3, 0.4) is 0 Å². The molecule has 3 heterocycles. The Morgan fingerprint density at radius 3 is 2.39 bits per heavy atom. The highest BCUT2D eigenvalue weighted by Gasteiger charge is 2.26. The second-order valence-electron chi connectivity index (χ2n) is 7.79. The van der Waals surface area contributed by atoms with Crippen molar-refractivity contribution in [2.24, 2.45) is 0 Å². The second-order valence-corrected chi connectivity index (χ2v) is 7.79. The Morgan fingerprint density at radius 2 is 1.61 bits per heavy atom. The van der Waals surface area contributed by atoms with Gasteiger partial charge in [0.05, 0.1) is 19.8 Å². The van der Waals surface area contributed by atoms with Gasteiger partial charge in [-0.25, -0.2) is 0 Å². The van der Waals surface area contributed by atoms with E-state index in [-0.39, 0.29) is 11.8 Å². The van der Waals surface area contributed by atoms with Crippen LogP contribution in [0, 0.1) is 0 Å². The molecule has 3 aliphatic rings. The van der Waals surface area contributed by atoms with Gasteiger partial charge >= 0.3 is 0 Å². The maximum absolute atomic E-state index is 12.7. The van der Waals surface area contributed by atoms with E-state index in [0.29, 0.717) is 13.0 Å². The number of morpholine rings is 1. The van der Waals surface area contributed by atoms with Crippen molar-refractivity contribution in [3.05, 3.63) is 29.8 Å². The highest BCUT2D eigenvalue weighted by atomic mass is 16.5. The Kier molecular flexibility index (Phi) is 6.24. The third-order valence-corrected chi connectivity index (χ3v) is 6.02. The Bertz CT molecular complexity index is 697. The number of hydrogen-bond donors (Lipinski definition) is 0. The minimum Gasteiger partial charge on any atom is -0.379 e. The van der Waals surface area contributed by atoms with E-state index in [1.165, 1.54) is 5.56 Å². The summed E-state index contributed by atoms with van der Waals surface area (Å²) < 4.78 is 5.34. The van der Waals surface area contributed by atoms with E-state index in [9.17, 15) is 9.59 Å². The molecule has 2 amide bonds. The summed E-state index contributed by atoms with van der Waals surface area (Å²) in [7, 11) is 0. The van der Waals surface area contributed by atoms with E-state index < -0.39 is 0 Å². The summed E-state index contributed by atoms with van der Waals surface area (Å²) in [6, 6.07) is 8.18. The Labute approximate surface area is 166 Å². The molecule has 1 aromatic rings. The number of anilines is 1. The molecule has 0 unspecified atom stereocenters. The van der Waals surface area contributed by atoms with Gasteiger partial charge in [0.1, 0.15) is 0 Å². The van der Waals surface area contributed by atoms with Gasteiger partial charge in [0.25, 0.3) is 0 Å². The molecule has 28 heavy (non-hydrogen) atoms. The molecule has 2 saturated heterocycles.